The molecule has 2 rings (SSSR count). The van der Waals surface area contributed by atoms with E-state index in [4.69, 9.17) is 15.0 Å². The monoisotopic (exact) mass is 269 g/mol. The quantitative estimate of drug-likeness (QED) is 0.899. The summed E-state index contributed by atoms with van der Waals surface area (Å²) in [5, 5.41) is 3.60. The van der Waals surface area contributed by atoms with Gasteiger partial charge in [-0.05, 0) is 19.1 Å². The second-order valence-electron chi connectivity index (χ2n) is 3.82. The standard InChI is InChI=1S/C12H13F2N3O2/c1-2-18-6-9(15)11-16-12(19-17-11)10-7(13)4-3-5-8(10)14/h3-5,9H,2,6,15H2,1H3. The maximum Gasteiger partial charge on any atom is 0.263 e. The van der Waals surface area contributed by atoms with E-state index in [1.807, 2.05) is 6.92 Å². The molecule has 1 atom stereocenters. The number of hydrogen-bond acceptors (Lipinski definition) is 5. The van der Waals surface area contributed by atoms with Gasteiger partial charge in [0.25, 0.3) is 5.89 Å². The minimum absolute atomic E-state index is 0.145. The van der Waals surface area contributed by atoms with Crippen LogP contribution in [0.5, 0.6) is 0 Å². The predicted molar refractivity (Wildman–Crippen MR) is 63.1 cm³/mol. The van der Waals surface area contributed by atoms with Gasteiger partial charge in [-0.15, -0.1) is 0 Å². The molecule has 19 heavy (non-hydrogen) atoms. The van der Waals surface area contributed by atoms with Gasteiger partial charge in [0.15, 0.2) is 5.82 Å². The van der Waals surface area contributed by atoms with Gasteiger partial charge in [0.2, 0.25) is 0 Å². The molecule has 0 saturated carbocycles. The topological polar surface area (TPSA) is 74.2 Å². The van der Waals surface area contributed by atoms with Gasteiger partial charge in [0, 0.05) is 6.61 Å². The van der Waals surface area contributed by atoms with Crippen LogP contribution in [0.4, 0.5) is 8.78 Å². The first-order chi connectivity index (χ1) is 9.13. The van der Waals surface area contributed by atoms with Crippen molar-refractivity contribution in [3.63, 3.8) is 0 Å². The summed E-state index contributed by atoms with van der Waals surface area (Å²) in [6, 6.07) is 2.88. The molecular weight excluding hydrogens is 256 g/mol. The Morgan fingerprint density at radius 1 is 1.37 bits per heavy atom. The van der Waals surface area contributed by atoms with Crippen molar-refractivity contribution in [2.75, 3.05) is 13.2 Å². The number of hydrogen-bond donors (Lipinski definition) is 1. The molecule has 0 aliphatic carbocycles. The molecule has 0 amide bonds. The minimum atomic E-state index is -0.770. The molecule has 0 aliphatic rings. The third-order valence-corrected chi connectivity index (χ3v) is 2.45. The van der Waals surface area contributed by atoms with Gasteiger partial charge in [-0.25, -0.2) is 8.78 Å². The van der Waals surface area contributed by atoms with Crippen molar-refractivity contribution in [3.05, 3.63) is 35.7 Å². The molecule has 1 unspecified atom stereocenters. The molecule has 0 aliphatic heterocycles. The van der Waals surface area contributed by atoms with Gasteiger partial charge >= 0.3 is 0 Å². The van der Waals surface area contributed by atoms with E-state index in [0.717, 1.165) is 12.1 Å². The van der Waals surface area contributed by atoms with Crippen LogP contribution < -0.4 is 5.73 Å². The highest BCUT2D eigenvalue weighted by Crippen LogP contribution is 2.25. The normalized spacial score (nSPS) is 12.6. The van der Waals surface area contributed by atoms with Crippen molar-refractivity contribution in [1.82, 2.24) is 10.1 Å². The number of nitrogens with two attached hydrogens (primary N) is 1. The van der Waals surface area contributed by atoms with Crippen LogP contribution in [0, 0.1) is 11.6 Å². The van der Waals surface area contributed by atoms with Crippen molar-refractivity contribution >= 4 is 0 Å². The van der Waals surface area contributed by atoms with Crippen molar-refractivity contribution < 1.29 is 18.0 Å². The number of ether oxygens (including phenoxy) is 1. The molecule has 0 fully saturated rings. The molecule has 2 N–H and O–H groups in total. The fourth-order valence-corrected chi connectivity index (χ4v) is 1.51. The van der Waals surface area contributed by atoms with Crippen LogP contribution in [0.1, 0.15) is 18.8 Å². The first kappa shape index (κ1) is 13.6. The van der Waals surface area contributed by atoms with Gasteiger partial charge < -0.3 is 15.0 Å². The minimum Gasteiger partial charge on any atom is -0.380 e. The lowest BCUT2D eigenvalue weighted by Crippen LogP contribution is -2.18. The molecule has 7 heteroatoms. The van der Waals surface area contributed by atoms with Crippen LogP contribution in [0.2, 0.25) is 0 Å². The lowest BCUT2D eigenvalue weighted by atomic mass is 10.2. The van der Waals surface area contributed by atoms with Crippen LogP contribution in [0.3, 0.4) is 0 Å². The van der Waals surface area contributed by atoms with Crippen LogP contribution in [0.25, 0.3) is 11.5 Å². The lowest BCUT2D eigenvalue weighted by molar-refractivity contribution is 0.130. The number of nitrogens with zero attached hydrogens (tertiary/aromatic N) is 2. The SMILES string of the molecule is CCOCC(N)c1noc(-c2c(F)cccc2F)n1. The van der Waals surface area contributed by atoms with Crippen molar-refractivity contribution in [2.24, 2.45) is 5.73 Å². The molecule has 0 bridgehead atoms. The van der Waals surface area contributed by atoms with E-state index in [1.165, 1.54) is 6.07 Å². The number of rotatable bonds is 5. The largest absolute Gasteiger partial charge is 0.380 e. The Labute approximate surface area is 108 Å². The smallest absolute Gasteiger partial charge is 0.263 e. The first-order valence-corrected chi connectivity index (χ1v) is 5.74. The number of halogens is 2. The van der Waals surface area contributed by atoms with E-state index in [0.29, 0.717) is 6.61 Å². The zero-order valence-corrected chi connectivity index (χ0v) is 10.3. The van der Waals surface area contributed by atoms with Gasteiger partial charge in [-0.3, -0.25) is 0 Å². The predicted octanol–water partition coefficient (Wildman–Crippen LogP) is 2.05. The van der Waals surface area contributed by atoms with Gasteiger partial charge in [-0.2, -0.15) is 4.98 Å². The van der Waals surface area contributed by atoms with E-state index in [-0.39, 0.29) is 23.9 Å². The van der Waals surface area contributed by atoms with E-state index < -0.39 is 17.7 Å². The van der Waals surface area contributed by atoms with Gasteiger partial charge in [0.1, 0.15) is 17.2 Å². The summed E-state index contributed by atoms with van der Waals surface area (Å²) in [6.45, 7) is 2.53. The highest BCUT2D eigenvalue weighted by atomic mass is 19.1. The maximum atomic E-state index is 13.5. The molecule has 0 saturated heterocycles. The molecule has 102 valence electrons. The van der Waals surface area contributed by atoms with Crippen LogP contribution in [0.15, 0.2) is 22.7 Å². The third-order valence-electron chi connectivity index (χ3n) is 2.45. The molecule has 0 spiro atoms. The first-order valence-electron chi connectivity index (χ1n) is 5.74. The molecule has 1 aromatic heterocycles. The van der Waals surface area contributed by atoms with Crippen LogP contribution in [-0.2, 0) is 4.74 Å². The third kappa shape index (κ3) is 2.94. The average molecular weight is 269 g/mol. The molecular formula is C12H13F2N3O2. The highest BCUT2D eigenvalue weighted by molar-refractivity contribution is 5.54. The molecule has 0 radical (unpaired) electrons. The average Bonchev–Trinajstić information content (AvgIpc) is 2.85. The summed E-state index contributed by atoms with van der Waals surface area (Å²) >= 11 is 0. The van der Waals surface area contributed by atoms with Gasteiger partial charge in [-0.1, -0.05) is 11.2 Å². The van der Waals surface area contributed by atoms with Crippen LogP contribution >= 0.6 is 0 Å². The van der Waals surface area contributed by atoms with E-state index in [2.05, 4.69) is 10.1 Å². The Morgan fingerprint density at radius 2 is 2.05 bits per heavy atom. The summed E-state index contributed by atoms with van der Waals surface area (Å²) in [4.78, 5) is 3.89. The Bertz CT molecular complexity index is 539. The highest BCUT2D eigenvalue weighted by Gasteiger charge is 2.20. The Kier molecular flexibility index (Phi) is 4.18. The second-order valence-corrected chi connectivity index (χ2v) is 3.82. The molecule has 1 aromatic carbocycles. The fraction of sp³-hybridized carbons (Fsp3) is 0.333. The van der Waals surface area contributed by atoms with Crippen molar-refractivity contribution in [1.29, 1.82) is 0 Å². The van der Waals surface area contributed by atoms with Crippen LogP contribution in [-0.4, -0.2) is 23.4 Å². The summed E-state index contributed by atoms with van der Waals surface area (Å²) in [5.74, 6) is -1.63. The Balaban J connectivity index is 2.26. The van der Waals surface area contributed by atoms with Crippen molar-refractivity contribution in [2.45, 2.75) is 13.0 Å². The molecule has 2 aromatic rings. The van der Waals surface area contributed by atoms with Gasteiger partial charge in [0.05, 0.1) is 12.6 Å². The number of benzene rings is 1. The Hall–Kier alpha value is -1.86. The second kappa shape index (κ2) is 5.85. The van der Waals surface area contributed by atoms with Crippen molar-refractivity contribution in [3.8, 4) is 11.5 Å². The Morgan fingerprint density at radius 3 is 2.68 bits per heavy atom. The lowest BCUT2D eigenvalue weighted by Gasteiger charge is -2.05. The summed E-state index contributed by atoms with van der Waals surface area (Å²) in [7, 11) is 0. The summed E-state index contributed by atoms with van der Waals surface area (Å²) < 4.78 is 37.0. The fourth-order valence-electron chi connectivity index (χ4n) is 1.51. The molecule has 1 heterocycles. The van der Waals surface area contributed by atoms with E-state index >= 15 is 0 Å². The van der Waals surface area contributed by atoms with E-state index in [9.17, 15) is 8.78 Å². The molecule has 5 nitrogen and oxygen atoms in total. The summed E-state index contributed by atoms with van der Waals surface area (Å²) in [6.07, 6.45) is 0. The number of aromatic nitrogens is 2. The summed E-state index contributed by atoms with van der Waals surface area (Å²) in [5.41, 5.74) is 5.39. The zero-order chi connectivity index (χ0) is 13.8. The van der Waals surface area contributed by atoms with E-state index in [1.54, 1.807) is 0 Å². The zero-order valence-electron chi connectivity index (χ0n) is 10.3. The maximum absolute atomic E-state index is 13.5.